The first kappa shape index (κ1) is 14.3. The maximum atomic E-state index is 13.1. The number of likely N-dealkylation sites (tertiary alicyclic amines) is 1. The highest BCUT2D eigenvalue weighted by atomic mass is 16.5. The normalized spacial score (nSPS) is 35.9. The second kappa shape index (κ2) is 4.82. The highest BCUT2D eigenvalue weighted by Gasteiger charge is 2.73. The molecule has 22 heavy (non-hydrogen) atoms. The molecular weight excluding hydrogens is 274 g/mol. The summed E-state index contributed by atoms with van der Waals surface area (Å²) in [6.45, 7) is 5.85. The Morgan fingerprint density at radius 3 is 2.82 bits per heavy atom. The molecule has 3 nitrogen and oxygen atoms in total. The van der Waals surface area contributed by atoms with Gasteiger partial charge in [0, 0.05) is 13.2 Å². The van der Waals surface area contributed by atoms with Crippen LogP contribution in [0.5, 0.6) is 0 Å². The van der Waals surface area contributed by atoms with Gasteiger partial charge in [-0.1, -0.05) is 29.8 Å². The molecule has 118 valence electrons. The molecule has 1 aliphatic heterocycles. The minimum Gasteiger partial charge on any atom is -0.375 e. The van der Waals surface area contributed by atoms with Crippen LogP contribution in [0.25, 0.3) is 0 Å². The molecule has 1 aromatic carbocycles. The van der Waals surface area contributed by atoms with Crippen molar-refractivity contribution in [3.05, 3.63) is 35.4 Å². The Bertz CT molecular complexity index is 589. The van der Waals surface area contributed by atoms with E-state index in [0.717, 1.165) is 45.3 Å². The van der Waals surface area contributed by atoms with Crippen LogP contribution >= 0.6 is 0 Å². The van der Waals surface area contributed by atoms with Crippen LogP contribution < -0.4 is 0 Å². The Kier molecular flexibility index (Phi) is 3.12. The van der Waals surface area contributed by atoms with Crippen LogP contribution in [0.1, 0.15) is 56.2 Å². The quantitative estimate of drug-likeness (QED) is 0.850. The highest BCUT2D eigenvalue weighted by molar-refractivity contribution is 5.87. The van der Waals surface area contributed by atoms with E-state index in [4.69, 9.17) is 4.74 Å². The minimum atomic E-state index is -0.0818. The molecule has 4 aliphatic rings. The van der Waals surface area contributed by atoms with Crippen LogP contribution in [-0.4, -0.2) is 29.6 Å². The zero-order valence-corrected chi connectivity index (χ0v) is 13.6. The third-order valence-electron chi connectivity index (χ3n) is 5.83. The first-order valence-corrected chi connectivity index (χ1v) is 8.59. The average Bonchev–Trinajstić information content (AvgIpc) is 2.89. The van der Waals surface area contributed by atoms with Gasteiger partial charge in [0.15, 0.2) is 0 Å². The highest BCUT2D eigenvalue weighted by Crippen LogP contribution is 2.70. The van der Waals surface area contributed by atoms with Gasteiger partial charge in [-0.05, 0) is 51.5 Å². The number of ether oxygens (including phenoxy) is 1. The lowest BCUT2D eigenvalue weighted by Crippen LogP contribution is -2.73. The fraction of sp³-hybridized carbons (Fsp3) is 0.632. The van der Waals surface area contributed by atoms with Crippen LogP contribution in [0.4, 0.5) is 0 Å². The van der Waals surface area contributed by atoms with E-state index < -0.39 is 0 Å². The lowest BCUT2D eigenvalue weighted by molar-refractivity contribution is -0.277. The Labute approximate surface area is 132 Å². The molecule has 4 fully saturated rings. The summed E-state index contributed by atoms with van der Waals surface area (Å²) in [6.07, 6.45) is 5.07. The van der Waals surface area contributed by atoms with Crippen molar-refractivity contribution in [2.24, 2.45) is 5.41 Å². The van der Waals surface area contributed by atoms with Gasteiger partial charge in [-0.25, -0.2) is 0 Å². The maximum Gasteiger partial charge on any atom is 0.229 e. The second-order valence-electron chi connectivity index (χ2n) is 7.50. The van der Waals surface area contributed by atoms with Crippen LogP contribution in [0, 0.1) is 12.3 Å². The van der Waals surface area contributed by atoms with Crippen molar-refractivity contribution in [3.63, 3.8) is 0 Å². The summed E-state index contributed by atoms with van der Waals surface area (Å²) in [7, 11) is 0. The Balaban J connectivity index is 1.50. The summed E-state index contributed by atoms with van der Waals surface area (Å²) < 4.78 is 5.83. The van der Waals surface area contributed by atoms with Crippen molar-refractivity contribution in [3.8, 4) is 0 Å². The lowest BCUT2D eigenvalue weighted by atomic mass is 9.40. The zero-order valence-electron chi connectivity index (χ0n) is 13.6. The molecule has 3 heteroatoms. The summed E-state index contributed by atoms with van der Waals surface area (Å²) in [4.78, 5) is 15.2. The second-order valence-corrected chi connectivity index (χ2v) is 7.50. The molecule has 0 N–H and O–H groups in total. The maximum absolute atomic E-state index is 13.1. The molecule has 2 bridgehead atoms. The van der Waals surface area contributed by atoms with E-state index >= 15 is 0 Å². The van der Waals surface area contributed by atoms with Gasteiger partial charge in [0.2, 0.25) is 5.91 Å². The molecule has 1 saturated heterocycles. The van der Waals surface area contributed by atoms with E-state index in [0.29, 0.717) is 5.91 Å². The van der Waals surface area contributed by atoms with Crippen molar-refractivity contribution in [1.29, 1.82) is 0 Å². The number of hydrogen-bond acceptors (Lipinski definition) is 2. The summed E-state index contributed by atoms with van der Waals surface area (Å²) in [6, 6.07) is 8.92. The molecule has 0 aromatic heterocycles. The van der Waals surface area contributed by atoms with Crippen LogP contribution in [-0.2, 0) is 9.53 Å². The summed E-state index contributed by atoms with van der Waals surface area (Å²) in [5, 5.41) is 0. The Morgan fingerprint density at radius 1 is 1.36 bits per heavy atom. The number of amides is 1. The summed E-state index contributed by atoms with van der Waals surface area (Å²) >= 11 is 0. The molecule has 0 spiro atoms. The summed E-state index contributed by atoms with van der Waals surface area (Å²) in [5.41, 5.74) is 2.56. The Hall–Kier alpha value is -1.35. The van der Waals surface area contributed by atoms with E-state index in [9.17, 15) is 4.79 Å². The van der Waals surface area contributed by atoms with Crippen molar-refractivity contribution >= 4 is 5.91 Å². The molecule has 1 atom stereocenters. The lowest BCUT2D eigenvalue weighted by Gasteiger charge is -2.69. The molecule has 3 aliphatic carbocycles. The molecule has 1 amide bonds. The Morgan fingerprint density at radius 2 is 2.14 bits per heavy atom. The first-order valence-electron chi connectivity index (χ1n) is 8.59. The van der Waals surface area contributed by atoms with Gasteiger partial charge in [0.1, 0.15) is 0 Å². The average molecular weight is 299 g/mol. The largest absolute Gasteiger partial charge is 0.375 e. The smallest absolute Gasteiger partial charge is 0.229 e. The van der Waals surface area contributed by atoms with Crippen LogP contribution in [0.3, 0.4) is 0 Å². The van der Waals surface area contributed by atoms with E-state index in [-0.39, 0.29) is 17.1 Å². The SMILES string of the molecule is CCOC12CC(C(=O)N3CCCC3c3cccc(C)c3)(C1)C2. The monoisotopic (exact) mass is 299 g/mol. The number of benzene rings is 1. The predicted molar refractivity (Wildman–Crippen MR) is 85.5 cm³/mol. The number of carbonyl (C=O) groups is 1. The number of rotatable bonds is 4. The van der Waals surface area contributed by atoms with Gasteiger partial charge in [-0.2, -0.15) is 0 Å². The first-order chi connectivity index (χ1) is 10.6. The number of nitrogens with zero attached hydrogens (tertiary/aromatic N) is 1. The zero-order chi connectivity index (χ0) is 15.4. The van der Waals surface area contributed by atoms with Gasteiger partial charge >= 0.3 is 0 Å². The van der Waals surface area contributed by atoms with Gasteiger partial charge in [-0.15, -0.1) is 0 Å². The molecule has 1 heterocycles. The number of carbonyl (C=O) groups excluding carboxylic acids is 1. The predicted octanol–water partition coefficient (Wildman–Crippen LogP) is 3.62. The molecule has 1 aromatic rings. The molecule has 5 rings (SSSR count). The van der Waals surface area contributed by atoms with Crippen LogP contribution in [0.15, 0.2) is 24.3 Å². The van der Waals surface area contributed by atoms with E-state index in [1.807, 2.05) is 6.92 Å². The van der Waals surface area contributed by atoms with Crippen molar-refractivity contribution in [2.75, 3.05) is 13.2 Å². The minimum absolute atomic E-state index is 0.0585. The fourth-order valence-electron chi connectivity index (χ4n) is 4.92. The third kappa shape index (κ3) is 1.95. The number of hydrogen-bond donors (Lipinski definition) is 0. The number of aryl methyl sites for hydroxylation is 1. The molecule has 0 radical (unpaired) electrons. The standard InChI is InChI=1S/C19H25NO2/c1-3-22-19-11-18(12-19,13-19)17(21)20-9-5-8-16(20)15-7-4-6-14(2)10-15/h4,6-7,10,16H,3,5,8-9,11-13H2,1-2H3. The van der Waals surface area contributed by atoms with Gasteiger partial charge < -0.3 is 9.64 Å². The van der Waals surface area contributed by atoms with Crippen molar-refractivity contribution in [2.45, 2.75) is 57.6 Å². The van der Waals surface area contributed by atoms with Gasteiger partial charge in [0.25, 0.3) is 0 Å². The summed E-state index contributed by atoms with van der Waals surface area (Å²) in [5.74, 6) is 0.387. The molecular formula is C19H25NO2. The van der Waals surface area contributed by atoms with Gasteiger partial charge in [-0.3, -0.25) is 4.79 Å². The van der Waals surface area contributed by atoms with Crippen molar-refractivity contribution in [1.82, 2.24) is 4.90 Å². The van der Waals surface area contributed by atoms with E-state index in [1.165, 1.54) is 11.1 Å². The van der Waals surface area contributed by atoms with Crippen molar-refractivity contribution < 1.29 is 9.53 Å². The fourth-order valence-corrected chi connectivity index (χ4v) is 4.92. The van der Waals surface area contributed by atoms with E-state index in [1.54, 1.807) is 0 Å². The third-order valence-corrected chi connectivity index (χ3v) is 5.83. The topological polar surface area (TPSA) is 29.5 Å². The molecule has 1 unspecified atom stereocenters. The van der Waals surface area contributed by atoms with E-state index in [2.05, 4.69) is 36.1 Å². The van der Waals surface area contributed by atoms with Crippen LogP contribution in [0.2, 0.25) is 0 Å². The van der Waals surface area contributed by atoms with Gasteiger partial charge in [0.05, 0.1) is 17.1 Å². The molecule has 3 saturated carbocycles.